The lowest BCUT2D eigenvalue weighted by atomic mass is 9.75. The number of carbonyl (C=O) groups excluding carboxylic acids is 1. The number of halogens is 1. The average molecular weight is 516 g/mol. The van der Waals surface area contributed by atoms with Crippen LogP contribution in [0.15, 0.2) is 57.8 Å². The Hall–Kier alpha value is -1.89. The summed E-state index contributed by atoms with van der Waals surface area (Å²) in [5, 5.41) is 0.690. The average Bonchev–Trinajstić information content (AvgIpc) is 3.34. The number of nitrogens with zero attached hydrogens (tertiary/aromatic N) is 3. The second-order valence-corrected chi connectivity index (χ2v) is 13.5. The summed E-state index contributed by atoms with van der Waals surface area (Å²) in [6.45, 7) is 7.78. The summed E-state index contributed by atoms with van der Waals surface area (Å²) in [5.41, 5.74) is 2.48. The van der Waals surface area contributed by atoms with Crippen LogP contribution in [0.2, 0.25) is 5.02 Å². The van der Waals surface area contributed by atoms with Crippen molar-refractivity contribution in [3.05, 3.63) is 64.7 Å². The molecule has 1 saturated carbocycles. The quantitative estimate of drug-likeness (QED) is 0.442. The molecule has 0 aromatic heterocycles. The van der Waals surface area contributed by atoms with E-state index >= 15 is 0 Å². The van der Waals surface area contributed by atoms with Crippen molar-refractivity contribution in [1.82, 2.24) is 9.21 Å². The van der Waals surface area contributed by atoms with Crippen molar-refractivity contribution in [1.29, 1.82) is 0 Å². The maximum Gasteiger partial charge on any atom is 0.241 e. The molecular weight excluding hydrogens is 478 g/mol. The Bertz CT molecular complexity index is 1140. The van der Waals surface area contributed by atoms with Crippen LogP contribution in [0.1, 0.15) is 63.5 Å². The fraction of sp³-hybridized carbons (Fsp3) is 0.536. The van der Waals surface area contributed by atoms with Crippen LogP contribution in [-0.4, -0.2) is 45.0 Å². The molecule has 35 heavy (non-hydrogen) atoms. The molecule has 0 radical (unpaired) electrons. The highest BCUT2D eigenvalue weighted by Crippen LogP contribution is 2.38. The van der Waals surface area contributed by atoms with Crippen molar-refractivity contribution in [3.63, 3.8) is 0 Å². The first-order valence-corrected chi connectivity index (χ1v) is 14.5. The zero-order chi connectivity index (χ0) is 25.2. The van der Waals surface area contributed by atoms with E-state index in [0.29, 0.717) is 34.8 Å². The van der Waals surface area contributed by atoms with Crippen LogP contribution in [0.4, 0.5) is 0 Å². The van der Waals surface area contributed by atoms with Gasteiger partial charge in [-0.2, -0.15) is 0 Å². The van der Waals surface area contributed by atoms with Gasteiger partial charge in [-0.15, -0.1) is 0 Å². The predicted octanol–water partition coefficient (Wildman–Crippen LogP) is 6.48. The third-order valence-corrected chi connectivity index (χ3v) is 10.4. The molecule has 190 valence electrons. The highest BCUT2D eigenvalue weighted by molar-refractivity contribution is 7.91. The van der Waals surface area contributed by atoms with Crippen molar-refractivity contribution in [2.24, 2.45) is 9.78 Å². The summed E-state index contributed by atoms with van der Waals surface area (Å²) in [7, 11) is -1.26. The maximum absolute atomic E-state index is 14.2. The van der Waals surface area contributed by atoms with Gasteiger partial charge < -0.3 is 4.90 Å². The second kappa shape index (κ2) is 10.6. The van der Waals surface area contributed by atoms with E-state index in [4.69, 9.17) is 11.6 Å². The fourth-order valence-corrected chi connectivity index (χ4v) is 7.63. The highest BCUT2D eigenvalue weighted by atomic mass is 35.5. The Morgan fingerprint density at radius 3 is 2.31 bits per heavy atom. The van der Waals surface area contributed by atoms with Gasteiger partial charge in [0, 0.05) is 31.2 Å². The minimum Gasteiger partial charge on any atom is -0.334 e. The monoisotopic (exact) mass is 515 g/mol. The first-order chi connectivity index (χ1) is 16.6. The van der Waals surface area contributed by atoms with Crippen LogP contribution >= 0.6 is 11.6 Å². The Labute approximate surface area is 216 Å². The predicted molar refractivity (Wildman–Crippen MR) is 144 cm³/mol. The molecule has 1 amide bonds. The summed E-state index contributed by atoms with van der Waals surface area (Å²) in [5.74, 6) is 0.0747. The van der Waals surface area contributed by atoms with Gasteiger partial charge in [-0.25, -0.2) is 12.9 Å². The van der Waals surface area contributed by atoms with Gasteiger partial charge in [-0.3, -0.25) is 4.79 Å². The van der Waals surface area contributed by atoms with Crippen molar-refractivity contribution < 1.29 is 9.00 Å². The zero-order valence-electron chi connectivity index (χ0n) is 21.4. The van der Waals surface area contributed by atoms with E-state index in [1.54, 1.807) is 7.05 Å². The minimum absolute atomic E-state index is 0.0747. The van der Waals surface area contributed by atoms with Gasteiger partial charge in [-0.1, -0.05) is 55.3 Å². The Morgan fingerprint density at radius 2 is 1.71 bits per heavy atom. The zero-order valence-corrected chi connectivity index (χ0v) is 22.9. The molecule has 1 aliphatic carbocycles. The van der Waals surface area contributed by atoms with Crippen molar-refractivity contribution in [3.8, 4) is 0 Å². The molecule has 2 fully saturated rings. The van der Waals surface area contributed by atoms with E-state index in [-0.39, 0.29) is 11.9 Å². The first kappa shape index (κ1) is 26.2. The number of amides is 1. The molecule has 2 aliphatic rings. The van der Waals surface area contributed by atoms with E-state index in [0.717, 1.165) is 43.2 Å². The molecule has 1 aliphatic heterocycles. The molecule has 1 heterocycles. The number of benzene rings is 2. The molecule has 0 unspecified atom stereocenters. The van der Waals surface area contributed by atoms with Crippen LogP contribution < -0.4 is 0 Å². The first-order valence-electron chi connectivity index (χ1n) is 12.7. The molecular formula is C28H38ClN3O2S. The number of rotatable bonds is 6. The van der Waals surface area contributed by atoms with Gasteiger partial charge in [0.15, 0.2) is 0 Å². The van der Waals surface area contributed by atoms with Crippen molar-refractivity contribution in [2.75, 3.05) is 13.6 Å². The largest absolute Gasteiger partial charge is 0.334 e. The summed E-state index contributed by atoms with van der Waals surface area (Å²) < 4.78 is 20.5. The van der Waals surface area contributed by atoms with E-state index in [1.807, 2.05) is 59.8 Å². The van der Waals surface area contributed by atoms with E-state index in [1.165, 1.54) is 0 Å². The lowest BCUT2D eigenvalue weighted by Gasteiger charge is -2.42. The minimum atomic E-state index is -2.86. The van der Waals surface area contributed by atoms with Crippen molar-refractivity contribution in [2.45, 2.75) is 82.8 Å². The fourth-order valence-electron chi connectivity index (χ4n) is 5.40. The number of carbonyl (C=O) groups is 1. The summed E-state index contributed by atoms with van der Waals surface area (Å²) in [6, 6.07) is 15.2. The lowest BCUT2D eigenvalue weighted by Crippen LogP contribution is -2.51. The normalized spacial score (nSPS) is 22.5. The highest BCUT2D eigenvalue weighted by Gasteiger charge is 2.42. The van der Waals surface area contributed by atoms with Gasteiger partial charge in [0.2, 0.25) is 5.91 Å². The Kier molecular flexibility index (Phi) is 7.94. The number of hydrogen-bond acceptors (Lipinski definition) is 3. The van der Waals surface area contributed by atoms with Crippen LogP contribution in [0, 0.1) is 12.3 Å². The van der Waals surface area contributed by atoms with Crippen LogP contribution in [0.5, 0.6) is 0 Å². The van der Waals surface area contributed by atoms with Crippen molar-refractivity contribution >= 4 is 27.4 Å². The van der Waals surface area contributed by atoms with Gasteiger partial charge in [0.05, 0.1) is 4.90 Å². The van der Waals surface area contributed by atoms with Gasteiger partial charge >= 0.3 is 0 Å². The van der Waals surface area contributed by atoms with E-state index in [2.05, 4.69) is 23.1 Å². The van der Waals surface area contributed by atoms with Gasteiger partial charge in [0.25, 0.3) is 0 Å². The van der Waals surface area contributed by atoms with E-state index in [9.17, 15) is 9.00 Å². The molecule has 2 aromatic carbocycles. The molecule has 1 saturated heterocycles. The second-order valence-electron chi connectivity index (χ2n) is 10.8. The van der Waals surface area contributed by atoms with E-state index < -0.39 is 16.0 Å². The molecule has 0 bridgehead atoms. The Morgan fingerprint density at radius 1 is 1.09 bits per heavy atom. The van der Waals surface area contributed by atoms with Crippen LogP contribution in [0.25, 0.3) is 0 Å². The molecule has 7 heteroatoms. The molecule has 2 aromatic rings. The molecule has 5 nitrogen and oxygen atoms in total. The third kappa shape index (κ3) is 5.76. The molecule has 2 atom stereocenters. The van der Waals surface area contributed by atoms with Crippen LogP contribution in [0.3, 0.4) is 0 Å². The summed E-state index contributed by atoms with van der Waals surface area (Å²) in [6.07, 6.45) is 5.71. The Balaban J connectivity index is 1.64. The topological polar surface area (TPSA) is 53.0 Å². The summed E-state index contributed by atoms with van der Waals surface area (Å²) in [4.78, 5) is 17.0. The molecule has 0 spiro atoms. The van der Waals surface area contributed by atoms with Crippen LogP contribution in [-0.2, 0) is 21.3 Å². The smallest absolute Gasteiger partial charge is 0.241 e. The van der Waals surface area contributed by atoms with Gasteiger partial charge in [0.1, 0.15) is 16.0 Å². The number of aryl methyl sites for hydroxylation is 1. The van der Waals surface area contributed by atoms with Gasteiger partial charge in [-0.05, 0) is 80.7 Å². The lowest BCUT2D eigenvalue weighted by molar-refractivity contribution is -0.139. The summed E-state index contributed by atoms with van der Waals surface area (Å²) >= 11 is 6.12. The molecule has 4 rings (SSSR count). The SMILES string of the molecule is CN=[S@](=O)(c1ccc(C)cc1)N1CCC[C@H]1C(=O)N(Cc1ccc(Cl)cc1)C1CCC(C)(C)CC1. The molecule has 0 N–H and O–H groups in total. The number of hydrogen-bond donors (Lipinski definition) is 0. The standard InChI is InChI=1S/C28H38ClN3O2S/c1-21-7-13-25(14-8-21)35(34,30-4)32-19-5-6-26(32)27(33)31(20-22-9-11-23(29)12-10-22)24-15-17-28(2,3)18-16-24/h7-14,24,26H,5-6,15-20H2,1-4H3/t26-,35+/m0/s1. The third-order valence-electron chi connectivity index (χ3n) is 7.68. The maximum atomic E-state index is 14.2.